The van der Waals surface area contributed by atoms with Crippen molar-refractivity contribution in [1.29, 1.82) is 0 Å². The van der Waals surface area contributed by atoms with Crippen LogP contribution < -0.4 is 10.1 Å². The summed E-state index contributed by atoms with van der Waals surface area (Å²) >= 11 is 3.45. The molecule has 0 fully saturated rings. The van der Waals surface area contributed by atoms with Gasteiger partial charge in [0.25, 0.3) is 0 Å². The van der Waals surface area contributed by atoms with Crippen LogP contribution in [-0.4, -0.2) is 12.7 Å². The van der Waals surface area contributed by atoms with Crippen molar-refractivity contribution in [1.82, 2.24) is 0 Å². The predicted octanol–water partition coefficient (Wildman–Crippen LogP) is 4.13. The van der Waals surface area contributed by atoms with Crippen molar-refractivity contribution in [2.24, 2.45) is 0 Å². The summed E-state index contributed by atoms with van der Waals surface area (Å²) in [5.41, 5.74) is 2.68. The van der Waals surface area contributed by atoms with E-state index in [1.807, 2.05) is 42.5 Å². The molecule has 1 N–H and O–H groups in total. The van der Waals surface area contributed by atoms with Gasteiger partial charge in [-0.25, -0.2) is 4.79 Å². The van der Waals surface area contributed by atoms with Gasteiger partial charge in [0.1, 0.15) is 12.4 Å². The number of fused-ring (bicyclic) bond motifs is 1. The molecule has 0 saturated carbocycles. The number of carbonyl (C=O) groups is 1. The third kappa shape index (κ3) is 3.19. The Bertz CT molecular complexity index is 658. The molecule has 4 nitrogen and oxygen atoms in total. The van der Waals surface area contributed by atoms with E-state index in [9.17, 15) is 4.79 Å². The molecule has 0 aliphatic carbocycles. The van der Waals surface area contributed by atoms with Crippen molar-refractivity contribution >= 4 is 27.7 Å². The van der Waals surface area contributed by atoms with E-state index >= 15 is 0 Å². The SMILES string of the molecule is O=C(Nc1c(Br)ccc2c1CCO2)OCc1ccccc1. The summed E-state index contributed by atoms with van der Waals surface area (Å²) in [5, 5.41) is 2.79. The number of hydrogen-bond acceptors (Lipinski definition) is 3. The van der Waals surface area contributed by atoms with Crippen LogP contribution in [0.4, 0.5) is 10.5 Å². The molecule has 1 amide bonds. The highest BCUT2D eigenvalue weighted by Crippen LogP contribution is 2.37. The van der Waals surface area contributed by atoms with Crippen molar-refractivity contribution < 1.29 is 14.3 Å². The number of amides is 1. The Morgan fingerprint density at radius 3 is 2.86 bits per heavy atom. The minimum Gasteiger partial charge on any atom is -0.493 e. The van der Waals surface area contributed by atoms with Gasteiger partial charge in [-0.2, -0.15) is 0 Å². The minimum absolute atomic E-state index is 0.246. The summed E-state index contributed by atoms with van der Waals surface area (Å²) < 4.78 is 11.5. The van der Waals surface area contributed by atoms with Gasteiger partial charge in [0.05, 0.1) is 12.3 Å². The van der Waals surface area contributed by atoms with Crippen molar-refractivity contribution in [3.8, 4) is 5.75 Å². The van der Waals surface area contributed by atoms with E-state index in [2.05, 4.69) is 21.2 Å². The number of nitrogens with one attached hydrogen (secondary N) is 1. The number of hydrogen-bond donors (Lipinski definition) is 1. The summed E-state index contributed by atoms with van der Waals surface area (Å²) in [5.74, 6) is 0.816. The monoisotopic (exact) mass is 347 g/mol. The third-order valence-corrected chi connectivity index (χ3v) is 3.93. The molecule has 0 unspecified atom stereocenters. The molecule has 21 heavy (non-hydrogen) atoms. The molecule has 3 rings (SSSR count). The van der Waals surface area contributed by atoms with Gasteiger partial charge in [-0.15, -0.1) is 0 Å². The molecule has 1 aliphatic heterocycles. The first-order valence-electron chi connectivity index (χ1n) is 6.66. The summed E-state index contributed by atoms with van der Waals surface area (Å²) in [6, 6.07) is 13.3. The molecule has 108 valence electrons. The fourth-order valence-electron chi connectivity index (χ4n) is 2.24. The average Bonchev–Trinajstić information content (AvgIpc) is 2.98. The highest BCUT2D eigenvalue weighted by Gasteiger charge is 2.20. The number of rotatable bonds is 3. The van der Waals surface area contributed by atoms with Gasteiger partial charge in [-0.3, -0.25) is 5.32 Å². The van der Waals surface area contributed by atoms with Crippen LogP contribution >= 0.6 is 15.9 Å². The van der Waals surface area contributed by atoms with Crippen LogP contribution in [0.15, 0.2) is 46.9 Å². The van der Waals surface area contributed by atoms with E-state index in [1.54, 1.807) is 0 Å². The molecular weight excluding hydrogens is 334 g/mol. The van der Waals surface area contributed by atoms with Gasteiger partial charge in [0.2, 0.25) is 0 Å². The molecule has 2 aromatic carbocycles. The second kappa shape index (κ2) is 6.18. The van der Waals surface area contributed by atoms with E-state index in [0.29, 0.717) is 6.61 Å². The largest absolute Gasteiger partial charge is 0.493 e. The lowest BCUT2D eigenvalue weighted by Gasteiger charge is -2.12. The molecule has 2 aromatic rings. The molecule has 0 radical (unpaired) electrons. The van der Waals surface area contributed by atoms with Gasteiger partial charge in [0.15, 0.2) is 0 Å². The van der Waals surface area contributed by atoms with Crippen LogP contribution in [0.2, 0.25) is 0 Å². The molecule has 0 spiro atoms. The van der Waals surface area contributed by atoms with E-state index in [0.717, 1.165) is 33.5 Å². The van der Waals surface area contributed by atoms with Crippen molar-refractivity contribution in [2.45, 2.75) is 13.0 Å². The fourth-order valence-corrected chi connectivity index (χ4v) is 2.71. The molecule has 0 atom stereocenters. The molecule has 0 bridgehead atoms. The zero-order chi connectivity index (χ0) is 14.7. The summed E-state index contributed by atoms with van der Waals surface area (Å²) in [6.07, 6.45) is 0.308. The second-order valence-corrected chi connectivity index (χ2v) is 5.54. The Balaban J connectivity index is 1.67. The van der Waals surface area contributed by atoms with Gasteiger partial charge < -0.3 is 9.47 Å². The molecular formula is C16H14BrNO3. The maximum absolute atomic E-state index is 11.9. The number of halogens is 1. The summed E-state index contributed by atoms with van der Waals surface area (Å²) in [6.45, 7) is 0.884. The van der Waals surface area contributed by atoms with Crippen LogP contribution in [0.3, 0.4) is 0 Å². The highest BCUT2D eigenvalue weighted by atomic mass is 79.9. The smallest absolute Gasteiger partial charge is 0.412 e. The molecule has 0 saturated heterocycles. The quantitative estimate of drug-likeness (QED) is 0.907. The van der Waals surface area contributed by atoms with E-state index < -0.39 is 6.09 Å². The zero-order valence-corrected chi connectivity index (χ0v) is 12.9. The van der Waals surface area contributed by atoms with Crippen LogP contribution in [0, 0.1) is 0 Å². The van der Waals surface area contributed by atoms with Crippen LogP contribution in [-0.2, 0) is 17.8 Å². The minimum atomic E-state index is -0.472. The molecule has 1 heterocycles. The summed E-state index contributed by atoms with van der Waals surface area (Å²) in [7, 11) is 0. The normalized spacial score (nSPS) is 12.4. The lowest BCUT2D eigenvalue weighted by Crippen LogP contribution is -2.15. The van der Waals surface area contributed by atoms with Crippen LogP contribution in [0.25, 0.3) is 0 Å². The molecule has 0 aromatic heterocycles. The van der Waals surface area contributed by atoms with Gasteiger partial charge in [0, 0.05) is 16.5 Å². The predicted molar refractivity (Wildman–Crippen MR) is 83.6 cm³/mol. The maximum atomic E-state index is 11.9. The van der Waals surface area contributed by atoms with Crippen molar-refractivity contribution in [3.63, 3.8) is 0 Å². The van der Waals surface area contributed by atoms with Gasteiger partial charge in [-0.1, -0.05) is 30.3 Å². The Hall–Kier alpha value is -2.01. The Morgan fingerprint density at radius 2 is 2.05 bits per heavy atom. The third-order valence-electron chi connectivity index (χ3n) is 3.27. The lowest BCUT2D eigenvalue weighted by molar-refractivity contribution is 0.155. The summed E-state index contributed by atoms with van der Waals surface area (Å²) in [4.78, 5) is 11.9. The van der Waals surface area contributed by atoms with Crippen LogP contribution in [0.5, 0.6) is 5.75 Å². The standard InChI is InChI=1S/C16H14BrNO3/c17-13-6-7-14-12(8-9-20-14)15(13)18-16(19)21-10-11-4-2-1-3-5-11/h1-7H,8-10H2,(H,18,19). The van der Waals surface area contributed by atoms with E-state index in [-0.39, 0.29) is 6.61 Å². The Labute approximate surface area is 131 Å². The highest BCUT2D eigenvalue weighted by molar-refractivity contribution is 9.10. The lowest BCUT2D eigenvalue weighted by atomic mass is 10.1. The first-order chi connectivity index (χ1) is 10.2. The van der Waals surface area contributed by atoms with Crippen molar-refractivity contribution in [3.05, 3.63) is 58.1 Å². The first-order valence-corrected chi connectivity index (χ1v) is 7.45. The fraction of sp³-hybridized carbons (Fsp3) is 0.188. The zero-order valence-electron chi connectivity index (χ0n) is 11.3. The first kappa shape index (κ1) is 13.9. The molecule has 1 aliphatic rings. The number of benzene rings is 2. The van der Waals surface area contributed by atoms with E-state index in [1.165, 1.54) is 0 Å². The van der Waals surface area contributed by atoms with Gasteiger partial charge >= 0.3 is 6.09 Å². The Kier molecular flexibility index (Phi) is 4.10. The number of carbonyl (C=O) groups excluding carboxylic acids is 1. The second-order valence-electron chi connectivity index (χ2n) is 4.68. The molecule has 5 heteroatoms. The van der Waals surface area contributed by atoms with Crippen molar-refractivity contribution in [2.75, 3.05) is 11.9 Å². The Morgan fingerprint density at radius 1 is 1.24 bits per heavy atom. The maximum Gasteiger partial charge on any atom is 0.412 e. The van der Waals surface area contributed by atoms with E-state index in [4.69, 9.17) is 9.47 Å². The van der Waals surface area contributed by atoms with Crippen LogP contribution in [0.1, 0.15) is 11.1 Å². The number of ether oxygens (including phenoxy) is 2. The van der Waals surface area contributed by atoms with Gasteiger partial charge in [-0.05, 0) is 33.6 Å². The number of anilines is 1. The average molecular weight is 348 g/mol. The topological polar surface area (TPSA) is 47.6 Å².